The van der Waals surface area contributed by atoms with Crippen LogP contribution in [0.1, 0.15) is 39.3 Å². The number of aromatic nitrogens is 4. The number of rotatable bonds is 3. The summed E-state index contributed by atoms with van der Waals surface area (Å²) in [4.78, 5) is 45.2. The highest BCUT2D eigenvalue weighted by Crippen LogP contribution is 2.22. The fourth-order valence-electron chi connectivity index (χ4n) is 3.32. The average Bonchev–Trinajstić information content (AvgIpc) is 2.60. The topological polar surface area (TPSA) is 93.0 Å². The van der Waals surface area contributed by atoms with E-state index in [0.29, 0.717) is 18.3 Å². The quantitative estimate of drug-likeness (QED) is 0.861. The largest absolute Gasteiger partial charge is 0.358 e. The van der Waals surface area contributed by atoms with E-state index in [0.717, 1.165) is 36.2 Å². The Hall–Kier alpha value is -2.64. The van der Waals surface area contributed by atoms with Crippen LogP contribution in [0.25, 0.3) is 0 Å². The van der Waals surface area contributed by atoms with Crippen LogP contribution >= 0.6 is 0 Å². The molecule has 0 unspecified atom stereocenters. The summed E-state index contributed by atoms with van der Waals surface area (Å²) >= 11 is 0. The molecule has 0 amide bonds. The van der Waals surface area contributed by atoms with Gasteiger partial charge in [-0.3, -0.25) is 23.7 Å². The number of nitrogens with zero attached hydrogens (tertiary/aromatic N) is 4. The maximum absolute atomic E-state index is 12.4. The summed E-state index contributed by atoms with van der Waals surface area (Å²) in [5.74, 6) is 0.925. The second-order valence-electron chi connectivity index (χ2n) is 8.30. The SMILES string of the molecule is Cn1c(=O)cc(N2CCC(Cn3cnc(C(C)(C)C)cc3=O)CC2)[nH]c1=O. The van der Waals surface area contributed by atoms with Crippen LogP contribution in [0.5, 0.6) is 0 Å². The van der Waals surface area contributed by atoms with Gasteiger partial charge in [0.05, 0.1) is 12.0 Å². The fourth-order valence-corrected chi connectivity index (χ4v) is 3.32. The molecule has 27 heavy (non-hydrogen) atoms. The summed E-state index contributed by atoms with van der Waals surface area (Å²) in [6.07, 6.45) is 3.41. The third-order valence-electron chi connectivity index (χ3n) is 5.19. The first kappa shape index (κ1) is 19.1. The number of aromatic amines is 1. The van der Waals surface area contributed by atoms with Crippen LogP contribution in [0.3, 0.4) is 0 Å². The van der Waals surface area contributed by atoms with Crippen molar-refractivity contribution in [3.63, 3.8) is 0 Å². The second kappa shape index (κ2) is 7.17. The van der Waals surface area contributed by atoms with Gasteiger partial charge in [-0.2, -0.15) is 0 Å². The normalized spacial score (nSPS) is 15.9. The van der Waals surface area contributed by atoms with Gasteiger partial charge < -0.3 is 4.90 Å². The molecule has 3 heterocycles. The van der Waals surface area contributed by atoms with Crippen molar-refractivity contribution in [3.05, 3.63) is 55.3 Å². The van der Waals surface area contributed by atoms with Crippen molar-refractivity contribution in [2.75, 3.05) is 18.0 Å². The van der Waals surface area contributed by atoms with Crippen LogP contribution in [0.4, 0.5) is 5.82 Å². The summed E-state index contributed by atoms with van der Waals surface area (Å²) in [7, 11) is 1.45. The standard InChI is InChI=1S/C19H27N5O3/c1-19(2,3)14-9-17(26)24(12-20-14)11-13-5-7-23(8-6-13)15-10-16(25)22(4)18(27)21-15/h9-10,12-13H,5-8,11H2,1-4H3,(H,21,27). The monoisotopic (exact) mass is 373 g/mol. The Morgan fingerprint density at radius 3 is 2.33 bits per heavy atom. The van der Waals surface area contributed by atoms with E-state index >= 15 is 0 Å². The molecule has 0 spiro atoms. The second-order valence-corrected chi connectivity index (χ2v) is 8.30. The molecule has 0 saturated carbocycles. The van der Waals surface area contributed by atoms with Gasteiger partial charge in [-0.1, -0.05) is 20.8 Å². The average molecular weight is 373 g/mol. The Morgan fingerprint density at radius 1 is 1.11 bits per heavy atom. The first-order chi connectivity index (χ1) is 12.6. The zero-order valence-corrected chi connectivity index (χ0v) is 16.4. The molecule has 1 fully saturated rings. The summed E-state index contributed by atoms with van der Waals surface area (Å²) in [5, 5.41) is 0. The van der Waals surface area contributed by atoms with Gasteiger partial charge in [0.2, 0.25) is 0 Å². The van der Waals surface area contributed by atoms with Crippen molar-refractivity contribution < 1.29 is 0 Å². The molecule has 2 aromatic rings. The van der Waals surface area contributed by atoms with Crippen molar-refractivity contribution in [1.82, 2.24) is 19.1 Å². The smallest absolute Gasteiger partial charge is 0.329 e. The third-order valence-corrected chi connectivity index (χ3v) is 5.19. The van der Waals surface area contributed by atoms with Crippen molar-refractivity contribution in [1.29, 1.82) is 0 Å². The molecule has 8 heteroatoms. The highest BCUT2D eigenvalue weighted by molar-refractivity contribution is 5.37. The van der Waals surface area contributed by atoms with Crippen molar-refractivity contribution >= 4 is 5.82 Å². The highest BCUT2D eigenvalue weighted by Gasteiger charge is 2.22. The number of hydrogen-bond donors (Lipinski definition) is 1. The van der Waals surface area contributed by atoms with Crippen LogP contribution in [0, 0.1) is 5.92 Å². The van der Waals surface area contributed by atoms with Crippen LogP contribution < -0.4 is 21.7 Å². The van der Waals surface area contributed by atoms with Gasteiger partial charge in [0.15, 0.2) is 0 Å². The maximum Gasteiger partial charge on any atom is 0.329 e. The van der Waals surface area contributed by atoms with Crippen molar-refractivity contribution in [2.24, 2.45) is 13.0 Å². The van der Waals surface area contributed by atoms with Gasteiger partial charge in [0, 0.05) is 44.2 Å². The van der Waals surface area contributed by atoms with Gasteiger partial charge in [-0.05, 0) is 18.8 Å². The van der Waals surface area contributed by atoms with E-state index in [2.05, 4.69) is 9.97 Å². The van der Waals surface area contributed by atoms with E-state index in [1.165, 1.54) is 13.1 Å². The van der Waals surface area contributed by atoms with Gasteiger partial charge in [-0.15, -0.1) is 0 Å². The number of piperidine rings is 1. The molecule has 1 aliphatic heterocycles. The van der Waals surface area contributed by atoms with Gasteiger partial charge in [0.1, 0.15) is 5.82 Å². The molecular weight excluding hydrogens is 346 g/mol. The predicted molar refractivity (Wildman–Crippen MR) is 104 cm³/mol. The zero-order valence-electron chi connectivity index (χ0n) is 16.4. The zero-order chi connectivity index (χ0) is 19.8. The van der Waals surface area contributed by atoms with Gasteiger partial charge in [-0.25, -0.2) is 9.78 Å². The van der Waals surface area contributed by atoms with Crippen LogP contribution in [0.2, 0.25) is 0 Å². The summed E-state index contributed by atoms with van der Waals surface area (Å²) in [6, 6.07) is 3.08. The molecular formula is C19H27N5O3. The van der Waals surface area contributed by atoms with E-state index in [-0.39, 0.29) is 16.5 Å². The summed E-state index contributed by atoms with van der Waals surface area (Å²) in [5.41, 5.74) is -0.0854. The molecule has 146 valence electrons. The van der Waals surface area contributed by atoms with Crippen LogP contribution in [-0.4, -0.2) is 32.2 Å². The molecule has 2 aromatic heterocycles. The molecule has 1 aliphatic rings. The first-order valence-electron chi connectivity index (χ1n) is 9.27. The van der Waals surface area contributed by atoms with Crippen LogP contribution in [-0.2, 0) is 19.0 Å². The number of anilines is 1. The molecule has 0 aliphatic carbocycles. The lowest BCUT2D eigenvalue weighted by atomic mass is 9.92. The predicted octanol–water partition coefficient (Wildman–Crippen LogP) is 0.844. The van der Waals surface area contributed by atoms with E-state index in [1.54, 1.807) is 17.0 Å². The molecule has 0 atom stereocenters. The third kappa shape index (κ3) is 4.20. The molecule has 1 N–H and O–H groups in total. The van der Waals surface area contributed by atoms with E-state index in [9.17, 15) is 14.4 Å². The molecule has 3 rings (SSSR count). The molecule has 0 radical (unpaired) electrons. The van der Waals surface area contributed by atoms with E-state index < -0.39 is 5.69 Å². The van der Waals surface area contributed by atoms with Gasteiger partial charge >= 0.3 is 5.69 Å². The Kier molecular flexibility index (Phi) is 5.08. The lowest BCUT2D eigenvalue weighted by Gasteiger charge is -2.33. The van der Waals surface area contributed by atoms with E-state index in [1.807, 2.05) is 25.7 Å². The highest BCUT2D eigenvalue weighted by atomic mass is 16.2. The lowest BCUT2D eigenvalue weighted by molar-refractivity contribution is 0.349. The minimum absolute atomic E-state index is 0.0201. The number of hydrogen-bond acceptors (Lipinski definition) is 5. The van der Waals surface area contributed by atoms with Crippen molar-refractivity contribution in [3.8, 4) is 0 Å². The Labute approximate surface area is 157 Å². The maximum atomic E-state index is 12.4. The number of H-pyrrole nitrogens is 1. The number of nitrogens with one attached hydrogen (secondary N) is 1. The molecule has 0 bridgehead atoms. The molecule has 0 aromatic carbocycles. The molecule has 8 nitrogen and oxygen atoms in total. The van der Waals surface area contributed by atoms with Crippen LogP contribution in [0.15, 0.2) is 32.8 Å². The Bertz CT molecular complexity index is 957. The first-order valence-corrected chi connectivity index (χ1v) is 9.27. The summed E-state index contributed by atoms with van der Waals surface area (Å²) in [6.45, 7) is 8.21. The lowest BCUT2D eigenvalue weighted by Crippen LogP contribution is -2.40. The van der Waals surface area contributed by atoms with Gasteiger partial charge in [0.25, 0.3) is 11.1 Å². The minimum Gasteiger partial charge on any atom is -0.358 e. The fraction of sp³-hybridized carbons (Fsp3) is 0.579. The Morgan fingerprint density at radius 2 is 1.78 bits per heavy atom. The van der Waals surface area contributed by atoms with E-state index in [4.69, 9.17) is 0 Å². The summed E-state index contributed by atoms with van der Waals surface area (Å²) < 4.78 is 2.73. The molecule has 1 saturated heterocycles. The minimum atomic E-state index is -0.406. The Balaban J connectivity index is 1.66. The van der Waals surface area contributed by atoms with Crippen molar-refractivity contribution in [2.45, 2.75) is 45.6 Å².